The molecular formula is C10H10Cl2N4S. The molecule has 2 aromatic rings. The van der Waals surface area contributed by atoms with Crippen molar-refractivity contribution in [2.45, 2.75) is 13.3 Å². The summed E-state index contributed by atoms with van der Waals surface area (Å²) in [6.45, 7) is 2.72. The van der Waals surface area contributed by atoms with Crippen LogP contribution in [-0.2, 0) is 6.42 Å². The smallest absolute Gasteiger partial charge is 0.174 e. The van der Waals surface area contributed by atoms with Gasteiger partial charge in [-0.2, -0.15) is 0 Å². The Morgan fingerprint density at radius 2 is 2.18 bits per heavy atom. The van der Waals surface area contributed by atoms with Crippen LogP contribution in [0.3, 0.4) is 0 Å². The predicted molar refractivity (Wildman–Crippen MR) is 71.1 cm³/mol. The summed E-state index contributed by atoms with van der Waals surface area (Å²) in [6, 6.07) is 1.66. The van der Waals surface area contributed by atoms with Gasteiger partial charge in [-0.15, -0.1) is 21.5 Å². The van der Waals surface area contributed by atoms with E-state index in [1.54, 1.807) is 17.4 Å². The van der Waals surface area contributed by atoms with Crippen molar-refractivity contribution < 1.29 is 0 Å². The highest BCUT2D eigenvalue weighted by molar-refractivity contribution is 7.09. The summed E-state index contributed by atoms with van der Waals surface area (Å²) in [5.74, 6) is 0. The largest absolute Gasteiger partial charge is 0.382 e. The van der Waals surface area contributed by atoms with Crippen LogP contribution in [0.25, 0.3) is 0 Å². The van der Waals surface area contributed by atoms with Crippen molar-refractivity contribution in [3.8, 4) is 0 Å². The second kappa shape index (κ2) is 5.62. The minimum atomic E-state index is 0.321. The van der Waals surface area contributed by atoms with Gasteiger partial charge in [0.1, 0.15) is 0 Å². The van der Waals surface area contributed by atoms with Crippen LogP contribution in [0.5, 0.6) is 0 Å². The second-order valence-electron chi connectivity index (χ2n) is 3.41. The summed E-state index contributed by atoms with van der Waals surface area (Å²) in [4.78, 5) is 4.37. The average molecular weight is 289 g/mol. The van der Waals surface area contributed by atoms with Crippen molar-refractivity contribution in [1.82, 2.24) is 15.2 Å². The van der Waals surface area contributed by atoms with E-state index in [0.717, 1.165) is 23.7 Å². The number of aromatic nitrogens is 3. The minimum absolute atomic E-state index is 0.321. The number of aryl methyl sites for hydroxylation is 1. The summed E-state index contributed by atoms with van der Waals surface area (Å²) in [5.41, 5.74) is 1.77. The highest BCUT2D eigenvalue weighted by Crippen LogP contribution is 2.20. The topological polar surface area (TPSA) is 50.7 Å². The maximum atomic E-state index is 5.87. The summed E-state index contributed by atoms with van der Waals surface area (Å²) in [7, 11) is 0. The number of anilines is 1. The fourth-order valence-corrected chi connectivity index (χ4v) is 2.28. The van der Waals surface area contributed by atoms with Gasteiger partial charge in [0, 0.05) is 24.4 Å². The Bertz CT molecular complexity index is 515. The number of hydrogen-bond donors (Lipinski definition) is 1. The predicted octanol–water partition coefficient (Wildman–Crippen LogP) is 3.20. The van der Waals surface area contributed by atoms with Gasteiger partial charge in [-0.3, -0.25) is 0 Å². The first-order valence-corrected chi connectivity index (χ1v) is 6.62. The first-order chi connectivity index (χ1) is 8.15. The van der Waals surface area contributed by atoms with E-state index in [4.69, 9.17) is 23.2 Å². The Morgan fingerprint density at radius 1 is 1.35 bits per heavy atom. The number of nitrogens with one attached hydrogen (secondary N) is 1. The van der Waals surface area contributed by atoms with Crippen LogP contribution in [0.1, 0.15) is 10.7 Å². The molecule has 17 heavy (non-hydrogen) atoms. The maximum Gasteiger partial charge on any atom is 0.174 e. The van der Waals surface area contributed by atoms with Crippen LogP contribution in [0.15, 0.2) is 11.4 Å². The molecule has 0 unspecified atom stereocenters. The standard InChI is InChI=1S/C10H10Cl2N4S/c1-6-14-7(5-17-6)2-3-13-8-4-9(11)15-16-10(8)12/h4-5H,2-3H2,1H3,(H,13,15). The van der Waals surface area contributed by atoms with Gasteiger partial charge >= 0.3 is 0 Å². The van der Waals surface area contributed by atoms with Gasteiger partial charge in [0.25, 0.3) is 0 Å². The van der Waals surface area contributed by atoms with Crippen LogP contribution in [0.2, 0.25) is 10.3 Å². The Kier molecular flexibility index (Phi) is 4.15. The summed E-state index contributed by atoms with van der Waals surface area (Å²) < 4.78 is 0. The number of thiazole rings is 1. The molecule has 0 aromatic carbocycles. The first-order valence-electron chi connectivity index (χ1n) is 4.99. The van der Waals surface area contributed by atoms with E-state index in [1.165, 1.54) is 0 Å². The molecule has 2 heterocycles. The van der Waals surface area contributed by atoms with E-state index >= 15 is 0 Å². The van der Waals surface area contributed by atoms with Gasteiger partial charge in [0.2, 0.25) is 0 Å². The van der Waals surface area contributed by atoms with E-state index in [1.807, 2.05) is 6.92 Å². The highest BCUT2D eigenvalue weighted by Gasteiger charge is 2.04. The Balaban J connectivity index is 1.91. The molecule has 1 N–H and O–H groups in total. The third-order valence-corrected chi connectivity index (χ3v) is 3.37. The van der Waals surface area contributed by atoms with E-state index < -0.39 is 0 Å². The summed E-state index contributed by atoms with van der Waals surface area (Å²) in [5, 5.41) is 14.3. The quantitative estimate of drug-likeness (QED) is 0.939. The molecular weight excluding hydrogens is 279 g/mol. The molecule has 4 nitrogen and oxygen atoms in total. The first kappa shape index (κ1) is 12.5. The fraction of sp³-hybridized carbons (Fsp3) is 0.300. The zero-order valence-corrected chi connectivity index (χ0v) is 11.4. The maximum absolute atomic E-state index is 5.87. The molecule has 0 atom stereocenters. The van der Waals surface area contributed by atoms with Crippen molar-refractivity contribution in [2.24, 2.45) is 0 Å². The highest BCUT2D eigenvalue weighted by atomic mass is 35.5. The van der Waals surface area contributed by atoms with Crippen molar-refractivity contribution in [3.05, 3.63) is 32.5 Å². The molecule has 0 fully saturated rings. The Morgan fingerprint density at radius 3 is 2.88 bits per heavy atom. The van der Waals surface area contributed by atoms with Gasteiger partial charge in [-0.1, -0.05) is 23.2 Å². The Labute approximate surface area is 113 Å². The molecule has 2 rings (SSSR count). The van der Waals surface area contributed by atoms with Crippen molar-refractivity contribution in [3.63, 3.8) is 0 Å². The van der Waals surface area contributed by atoms with Crippen molar-refractivity contribution in [2.75, 3.05) is 11.9 Å². The molecule has 0 aliphatic heterocycles. The van der Waals surface area contributed by atoms with E-state index in [0.29, 0.717) is 16.0 Å². The third kappa shape index (κ3) is 3.52. The van der Waals surface area contributed by atoms with Gasteiger partial charge in [-0.05, 0) is 6.92 Å². The van der Waals surface area contributed by atoms with E-state index in [9.17, 15) is 0 Å². The van der Waals surface area contributed by atoms with E-state index in [2.05, 4.69) is 25.9 Å². The fourth-order valence-electron chi connectivity index (χ4n) is 1.33. The van der Waals surface area contributed by atoms with Crippen LogP contribution >= 0.6 is 34.5 Å². The summed E-state index contributed by atoms with van der Waals surface area (Å²) >= 11 is 13.3. The van der Waals surface area contributed by atoms with Crippen molar-refractivity contribution >= 4 is 40.2 Å². The lowest BCUT2D eigenvalue weighted by Gasteiger charge is -2.06. The van der Waals surface area contributed by atoms with Crippen LogP contribution in [0.4, 0.5) is 5.69 Å². The van der Waals surface area contributed by atoms with Crippen molar-refractivity contribution in [1.29, 1.82) is 0 Å². The zero-order valence-electron chi connectivity index (χ0n) is 9.07. The number of rotatable bonds is 4. The second-order valence-corrected chi connectivity index (χ2v) is 5.21. The van der Waals surface area contributed by atoms with Crippen LogP contribution in [-0.4, -0.2) is 21.7 Å². The molecule has 0 radical (unpaired) electrons. The molecule has 0 saturated carbocycles. The molecule has 0 aliphatic carbocycles. The molecule has 0 bridgehead atoms. The average Bonchev–Trinajstić information content (AvgIpc) is 2.69. The van der Waals surface area contributed by atoms with Crippen LogP contribution < -0.4 is 5.32 Å². The minimum Gasteiger partial charge on any atom is -0.382 e. The molecule has 90 valence electrons. The molecule has 0 aliphatic rings. The Hall–Kier alpha value is -0.910. The molecule has 7 heteroatoms. The molecule has 0 amide bonds. The molecule has 2 aromatic heterocycles. The number of hydrogen-bond acceptors (Lipinski definition) is 5. The molecule has 0 spiro atoms. The number of halogens is 2. The zero-order chi connectivity index (χ0) is 12.3. The van der Waals surface area contributed by atoms with Crippen LogP contribution in [0, 0.1) is 6.92 Å². The lowest BCUT2D eigenvalue weighted by atomic mass is 10.3. The third-order valence-electron chi connectivity index (χ3n) is 2.08. The van der Waals surface area contributed by atoms with Gasteiger partial charge in [0.05, 0.1) is 16.4 Å². The lowest BCUT2D eigenvalue weighted by Crippen LogP contribution is -2.06. The summed E-state index contributed by atoms with van der Waals surface area (Å²) in [6.07, 6.45) is 0.834. The van der Waals surface area contributed by atoms with Gasteiger partial charge in [0.15, 0.2) is 10.3 Å². The van der Waals surface area contributed by atoms with Gasteiger partial charge < -0.3 is 5.32 Å². The normalized spacial score (nSPS) is 10.5. The molecule has 0 saturated heterocycles. The number of nitrogens with zero attached hydrogens (tertiary/aromatic N) is 3. The monoisotopic (exact) mass is 288 g/mol. The SMILES string of the molecule is Cc1nc(CCNc2cc(Cl)nnc2Cl)cs1. The van der Waals surface area contributed by atoms with E-state index in [-0.39, 0.29) is 0 Å². The lowest BCUT2D eigenvalue weighted by molar-refractivity contribution is 0.958. The van der Waals surface area contributed by atoms with Gasteiger partial charge in [-0.25, -0.2) is 4.98 Å².